The van der Waals surface area contributed by atoms with Crippen molar-refractivity contribution in [3.8, 4) is 0 Å². The molecule has 2 rings (SSSR count). The van der Waals surface area contributed by atoms with Crippen molar-refractivity contribution in [2.75, 3.05) is 11.9 Å². The quantitative estimate of drug-likeness (QED) is 0.574. The summed E-state index contributed by atoms with van der Waals surface area (Å²) < 4.78 is 0.938. The number of anilines is 1. The summed E-state index contributed by atoms with van der Waals surface area (Å²) in [6.07, 6.45) is 1.48. The van der Waals surface area contributed by atoms with Crippen LogP contribution >= 0.6 is 15.9 Å². The number of Topliss-reactive ketones (excluding diaryl/α,β-unsaturated/α-hetero) is 1. The lowest BCUT2D eigenvalue weighted by atomic mass is 9.91. The molecule has 0 aliphatic rings. The summed E-state index contributed by atoms with van der Waals surface area (Å²) in [6, 6.07) is 6.96. The van der Waals surface area contributed by atoms with Crippen LogP contribution in [0.4, 0.5) is 10.5 Å². The maximum Gasteiger partial charge on any atom is 0.319 e. The summed E-state index contributed by atoms with van der Waals surface area (Å²) in [7, 11) is 0. The Labute approximate surface area is 160 Å². The highest BCUT2D eigenvalue weighted by Gasteiger charge is 2.21. The first-order valence-electron chi connectivity index (χ1n) is 8.49. The first-order chi connectivity index (χ1) is 12.4. The second kappa shape index (κ2) is 10.0. The van der Waals surface area contributed by atoms with Crippen LogP contribution in [0.5, 0.6) is 0 Å². The Bertz CT molecular complexity index is 703. The van der Waals surface area contributed by atoms with Gasteiger partial charge in [-0.15, -0.1) is 10.2 Å². The highest BCUT2D eigenvalue weighted by atomic mass is 79.9. The van der Waals surface area contributed by atoms with E-state index in [0.29, 0.717) is 43.2 Å². The average Bonchev–Trinajstić information content (AvgIpc) is 3.11. The summed E-state index contributed by atoms with van der Waals surface area (Å²) >= 11 is 3.35. The first kappa shape index (κ1) is 20.0. The molecular formula is C17H23BrN6O2. The topological polar surface area (TPSA) is 113 Å². The van der Waals surface area contributed by atoms with Crippen molar-refractivity contribution >= 4 is 33.4 Å². The molecule has 1 aromatic carbocycles. The fourth-order valence-corrected chi connectivity index (χ4v) is 2.81. The molecule has 0 bridgehead atoms. The Morgan fingerprint density at radius 2 is 1.96 bits per heavy atom. The van der Waals surface area contributed by atoms with E-state index < -0.39 is 0 Å². The molecule has 0 aliphatic heterocycles. The minimum absolute atomic E-state index is 0.0902. The molecule has 0 saturated heterocycles. The molecule has 0 fully saturated rings. The van der Waals surface area contributed by atoms with Crippen LogP contribution in [0.1, 0.15) is 32.5 Å². The van der Waals surface area contributed by atoms with Gasteiger partial charge in [-0.05, 0) is 36.6 Å². The molecule has 2 amide bonds. The minimum atomic E-state index is -0.327. The fraction of sp³-hybridized carbons (Fsp3) is 0.471. The maximum atomic E-state index is 12.5. The molecule has 2 aromatic rings. The zero-order valence-corrected chi connectivity index (χ0v) is 16.4. The van der Waals surface area contributed by atoms with Crippen LogP contribution in [0.2, 0.25) is 0 Å². The van der Waals surface area contributed by atoms with Crippen LogP contribution in [0.15, 0.2) is 28.7 Å². The number of nitrogens with one attached hydrogen (secondary N) is 3. The van der Waals surface area contributed by atoms with Gasteiger partial charge in [-0.1, -0.05) is 35.0 Å². The van der Waals surface area contributed by atoms with Gasteiger partial charge in [-0.2, -0.15) is 5.21 Å². The normalized spacial score (nSPS) is 12.0. The molecule has 8 nitrogen and oxygen atoms in total. The predicted octanol–water partition coefficient (Wildman–Crippen LogP) is 2.95. The van der Waals surface area contributed by atoms with Gasteiger partial charge in [0.15, 0.2) is 5.82 Å². The average molecular weight is 423 g/mol. The van der Waals surface area contributed by atoms with Crippen molar-refractivity contribution in [1.29, 1.82) is 0 Å². The number of aromatic nitrogens is 4. The lowest BCUT2D eigenvalue weighted by Gasteiger charge is -2.18. The largest absolute Gasteiger partial charge is 0.337 e. The second-order valence-electron chi connectivity index (χ2n) is 6.46. The number of ketones is 1. The van der Waals surface area contributed by atoms with E-state index in [9.17, 15) is 9.59 Å². The van der Waals surface area contributed by atoms with Crippen molar-refractivity contribution in [2.45, 2.75) is 33.1 Å². The zero-order valence-electron chi connectivity index (χ0n) is 14.8. The maximum absolute atomic E-state index is 12.5. The van der Waals surface area contributed by atoms with Gasteiger partial charge in [-0.25, -0.2) is 4.79 Å². The van der Waals surface area contributed by atoms with Gasteiger partial charge in [0.1, 0.15) is 5.78 Å². The van der Waals surface area contributed by atoms with E-state index in [-0.39, 0.29) is 17.7 Å². The van der Waals surface area contributed by atoms with Gasteiger partial charge in [0.2, 0.25) is 0 Å². The Morgan fingerprint density at radius 3 is 2.58 bits per heavy atom. The van der Waals surface area contributed by atoms with Gasteiger partial charge in [0.25, 0.3) is 0 Å². The van der Waals surface area contributed by atoms with Crippen molar-refractivity contribution in [3.05, 3.63) is 34.6 Å². The van der Waals surface area contributed by atoms with E-state index in [4.69, 9.17) is 0 Å². The van der Waals surface area contributed by atoms with E-state index >= 15 is 0 Å². The molecule has 0 saturated carbocycles. The second-order valence-corrected chi connectivity index (χ2v) is 7.38. The first-order valence-corrected chi connectivity index (χ1v) is 9.28. The van der Waals surface area contributed by atoms with E-state index in [0.717, 1.165) is 4.47 Å². The van der Waals surface area contributed by atoms with Crippen molar-refractivity contribution in [2.24, 2.45) is 11.8 Å². The summed E-state index contributed by atoms with van der Waals surface area (Å²) in [4.78, 5) is 24.6. The van der Waals surface area contributed by atoms with E-state index in [1.165, 1.54) is 0 Å². The smallest absolute Gasteiger partial charge is 0.319 e. The third-order valence-corrected chi connectivity index (χ3v) is 4.34. The number of urea groups is 1. The minimum Gasteiger partial charge on any atom is -0.337 e. The monoisotopic (exact) mass is 422 g/mol. The molecular weight excluding hydrogens is 400 g/mol. The summed E-state index contributed by atoms with van der Waals surface area (Å²) in [5.41, 5.74) is 0.689. The molecule has 0 spiro atoms. The van der Waals surface area contributed by atoms with E-state index in [1.54, 1.807) is 12.1 Å². The number of rotatable bonds is 9. The molecule has 1 atom stereocenters. The van der Waals surface area contributed by atoms with Crippen molar-refractivity contribution < 1.29 is 9.59 Å². The van der Waals surface area contributed by atoms with Crippen LogP contribution < -0.4 is 10.6 Å². The molecule has 3 N–H and O–H groups in total. The van der Waals surface area contributed by atoms with Gasteiger partial charge < -0.3 is 10.6 Å². The standard InChI is InChI=1S/C17H23BrN6O2/c1-11(2)9-12(15(25)7-8-16-21-23-24-22-16)10-19-17(26)20-14-5-3-13(18)4-6-14/h3-6,11-12H,7-10H2,1-2H3,(H2,19,20,26)(H,21,22,23,24). The molecule has 140 valence electrons. The lowest BCUT2D eigenvalue weighted by Crippen LogP contribution is -2.36. The number of nitrogens with zero attached hydrogens (tertiary/aromatic N) is 3. The number of carbonyl (C=O) groups excluding carboxylic acids is 2. The summed E-state index contributed by atoms with van der Waals surface area (Å²) in [6.45, 7) is 4.41. The highest BCUT2D eigenvalue weighted by Crippen LogP contribution is 2.16. The lowest BCUT2D eigenvalue weighted by molar-refractivity contribution is -0.123. The summed E-state index contributed by atoms with van der Waals surface area (Å²) in [5.74, 6) is 0.720. The van der Waals surface area contributed by atoms with Gasteiger partial charge in [0, 0.05) is 35.5 Å². The number of aryl methyl sites for hydroxylation is 1. The number of hydrogen-bond donors (Lipinski definition) is 3. The highest BCUT2D eigenvalue weighted by molar-refractivity contribution is 9.10. The van der Waals surface area contributed by atoms with E-state index in [2.05, 4.69) is 61.0 Å². The molecule has 1 aromatic heterocycles. The number of benzene rings is 1. The van der Waals surface area contributed by atoms with Gasteiger partial charge in [-0.3, -0.25) is 4.79 Å². The van der Waals surface area contributed by atoms with Crippen LogP contribution in [0, 0.1) is 11.8 Å². The molecule has 26 heavy (non-hydrogen) atoms. The predicted molar refractivity (Wildman–Crippen MR) is 102 cm³/mol. The molecule has 1 unspecified atom stereocenters. The Kier molecular flexibility index (Phi) is 7.71. The number of halogens is 1. The summed E-state index contributed by atoms with van der Waals surface area (Å²) in [5, 5.41) is 19.1. The Balaban J connectivity index is 1.84. The van der Waals surface area contributed by atoms with Crippen molar-refractivity contribution in [3.63, 3.8) is 0 Å². The van der Waals surface area contributed by atoms with Gasteiger partial charge >= 0.3 is 6.03 Å². The van der Waals surface area contributed by atoms with Gasteiger partial charge in [0.05, 0.1) is 0 Å². The molecule has 1 heterocycles. The van der Waals surface area contributed by atoms with E-state index in [1.807, 2.05) is 12.1 Å². The number of H-pyrrole nitrogens is 1. The number of aromatic amines is 1. The Morgan fingerprint density at radius 1 is 1.23 bits per heavy atom. The Hall–Kier alpha value is -2.29. The third-order valence-electron chi connectivity index (χ3n) is 3.81. The number of carbonyl (C=O) groups is 2. The van der Waals surface area contributed by atoms with Crippen LogP contribution in [0.3, 0.4) is 0 Å². The van der Waals surface area contributed by atoms with Crippen LogP contribution in [-0.2, 0) is 11.2 Å². The van der Waals surface area contributed by atoms with Crippen LogP contribution in [-0.4, -0.2) is 39.0 Å². The SMILES string of the molecule is CC(C)CC(CNC(=O)Nc1ccc(Br)cc1)C(=O)CCc1nn[nH]n1. The molecule has 9 heteroatoms. The fourth-order valence-electron chi connectivity index (χ4n) is 2.55. The number of hydrogen-bond acceptors (Lipinski definition) is 5. The third kappa shape index (κ3) is 6.91. The molecule has 0 radical (unpaired) electrons. The number of tetrazole rings is 1. The van der Waals surface area contributed by atoms with Crippen LogP contribution in [0.25, 0.3) is 0 Å². The zero-order chi connectivity index (χ0) is 18.9. The van der Waals surface area contributed by atoms with Crippen molar-refractivity contribution in [1.82, 2.24) is 25.9 Å². The molecule has 0 aliphatic carbocycles. The number of amides is 2.